The van der Waals surface area contributed by atoms with Gasteiger partial charge in [-0.2, -0.15) is 0 Å². The lowest BCUT2D eigenvalue weighted by Gasteiger charge is -2.17. The number of aryl methyl sites for hydroxylation is 3. The molecule has 0 aliphatic carbocycles. The third kappa shape index (κ3) is 2.56. The van der Waals surface area contributed by atoms with Crippen LogP contribution in [-0.2, 0) is 0 Å². The number of rotatable bonds is 3. The lowest BCUT2D eigenvalue weighted by atomic mass is 10.1. The minimum atomic E-state index is 0.302. The molecule has 0 saturated heterocycles. The van der Waals surface area contributed by atoms with Crippen LogP contribution in [0.1, 0.15) is 39.7 Å². The zero-order valence-electron chi connectivity index (χ0n) is 11.7. The van der Waals surface area contributed by atoms with E-state index in [1.54, 1.807) is 11.3 Å². The van der Waals surface area contributed by atoms with E-state index in [4.69, 9.17) is 0 Å². The molecule has 1 atom stereocenters. The highest BCUT2D eigenvalue weighted by molar-refractivity contribution is 7.11. The maximum absolute atomic E-state index is 4.49. The normalized spacial score (nSPS) is 12.5. The molecule has 18 heavy (non-hydrogen) atoms. The summed E-state index contributed by atoms with van der Waals surface area (Å²) in [7, 11) is 0. The van der Waals surface area contributed by atoms with Crippen LogP contribution in [0.15, 0.2) is 18.2 Å². The molecular formula is C15H20N2S. The smallest absolute Gasteiger partial charge is 0.0900 e. The van der Waals surface area contributed by atoms with Gasteiger partial charge < -0.3 is 5.32 Å². The zero-order chi connectivity index (χ0) is 13.3. The standard InChI is InChI=1S/C15H20N2S/c1-9-7-6-8-14(10(9)2)17-12(4)15-11(3)16-13(5)18-15/h6-8,12,17H,1-5H3. The van der Waals surface area contributed by atoms with Crippen LogP contribution in [0.25, 0.3) is 0 Å². The molecule has 1 aromatic heterocycles. The van der Waals surface area contributed by atoms with Gasteiger partial charge in [0.2, 0.25) is 0 Å². The van der Waals surface area contributed by atoms with E-state index < -0.39 is 0 Å². The van der Waals surface area contributed by atoms with Crippen molar-refractivity contribution in [1.29, 1.82) is 0 Å². The van der Waals surface area contributed by atoms with Gasteiger partial charge in [-0.15, -0.1) is 11.3 Å². The van der Waals surface area contributed by atoms with Crippen molar-refractivity contribution < 1.29 is 0 Å². The summed E-state index contributed by atoms with van der Waals surface area (Å²) in [4.78, 5) is 5.82. The molecule has 0 amide bonds. The van der Waals surface area contributed by atoms with Crippen molar-refractivity contribution in [1.82, 2.24) is 4.98 Å². The summed E-state index contributed by atoms with van der Waals surface area (Å²) in [6, 6.07) is 6.69. The van der Waals surface area contributed by atoms with Crippen LogP contribution in [0, 0.1) is 27.7 Å². The molecule has 96 valence electrons. The van der Waals surface area contributed by atoms with Crippen molar-refractivity contribution in [3.63, 3.8) is 0 Å². The molecule has 0 saturated carbocycles. The van der Waals surface area contributed by atoms with E-state index in [1.807, 2.05) is 0 Å². The monoisotopic (exact) mass is 260 g/mol. The van der Waals surface area contributed by atoms with Crippen molar-refractivity contribution >= 4 is 17.0 Å². The molecule has 1 aromatic carbocycles. The second-order valence-electron chi connectivity index (χ2n) is 4.80. The first kappa shape index (κ1) is 13.1. The first-order valence-electron chi connectivity index (χ1n) is 6.25. The summed E-state index contributed by atoms with van der Waals surface area (Å²) >= 11 is 1.78. The Morgan fingerprint density at radius 3 is 2.50 bits per heavy atom. The van der Waals surface area contributed by atoms with E-state index in [0.29, 0.717) is 6.04 Å². The lowest BCUT2D eigenvalue weighted by Crippen LogP contribution is -2.07. The second-order valence-corrected chi connectivity index (χ2v) is 6.03. The van der Waals surface area contributed by atoms with Gasteiger partial charge in [-0.1, -0.05) is 12.1 Å². The fourth-order valence-electron chi connectivity index (χ4n) is 2.16. The molecule has 0 spiro atoms. The van der Waals surface area contributed by atoms with E-state index in [2.05, 4.69) is 63.1 Å². The van der Waals surface area contributed by atoms with Gasteiger partial charge in [-0.05, 0) is 51.8 Å². The molecule has 0 aliphatic rings. The van der Waals surface area contributed by atoms with E-state index in [0.717, 1.165) is 10.7 Å². The predicted octanol–water partition coefficient (Wildman–Crippen LogP) is 4.55. The van der Waals surface area contributed by atoms with Crippen molar-refractivity contribution in [3.05, 3.63) is 44.9 Å². The second kappa shape index (κ2) is 5.11. The predicted molar refractivity (Wildman–Crippen MR) is 79.5 cm³/mol. The van der Waals surface area contributed by atoms with Crippen LogP contribution in [0.2, 0.25) is 0 Å². The van der Waals surface area contributed by atoms with Crippen LogP contribution in [-0.4, -0.2) is 4.98 Å². The SMILES string of the molecule is Cc1nc(C)c(C(C)Nc2cccc(C)c2C)s1. The van der Waals surface area contributed by atoms with Crippen LogP contribution in [0.5, 0.6) is 0 Å². The maximum atomic E-state index is 4.49. The molecule has 0 fully saturated rings. The summed E-state index contributed by atoms with van der Waals surface area (Å²) in [5, 5.41) is 4.73. The van der Waals surface area contributed by atoms with Crippen molar-refractivity contribution in [2.24, 2.45) is 0 Å². The Morgan fingerprint density at radius 1 is 1.17 bits per heavy atom. The minimum Gasteiger partial charge on any atom is -0.377 e. The Labute approximate surface area is 113 Å². The Balaban J connectivity index is 2.24. The lowest BCUT2D eigenvalue weighted by molar-refractivity contribution is 0.887. The van der Waals surface area contributed by atoms with Crippen molar-refractivity contribution in [3.8, 4) is 0 Å². The minimum absolute atomic E-state index is 0.302. The Bertz CT molecular complexity index is 558. The van der Waals surface area contributed by atoms with Crippen LogP contribution < -0.4 is 5.32 Å². The third-order valence-corrected chi connectivity index (χ3v) is 4.56. The van der Waals surface area contributed by atoms with Gasteiger partial charge in [0.1, 0.15) is 0 Å². The average Bonchev–Trinajstić information content (AvgIpc) is 2.64. The summed E-state index contributed by atoms with van der Waals surface area (Å²) in [5.41, 5.74) is 5.00. The largest absolute Gasteiger partial charge is 0.377 e. The molecule has 0 aliphatic heterocycles. The number of nitrogens with zero attached hydrogens (tertiary/aromatic N) is 1. The highest BCUT2D eigenvalue weighted by atomic mass is 32.1. The van der Waals surface area contributed by atoms with Gasteiger partial charge in [0, 0.05) is 10.6 Å². The first-order valence-corrected chi connectivity index (χ1v) is 7.07. The van der Waals surface area contributed by atoms with Gasteiger partial charge in [-0.3, -0.25) is 0 Å². The Morgan fingerprint density at radius 2 is 1.89 bits per heavy atom. The fraction of sp³-hybridized carbons (Fsp3) is 0.400. The molecule has 1 N–H and O–H groups in total. The first-order chi connectivity index (χ1) is 8.49. The molecule has 1 heterocycles. The number of hydrogen-bond acceptors (Lipinski definition) is 3. The molecule has 2 rings (SSSR count). The van der Waals surface area contributed by atoms with Gasteiger partial charge in [0.25, 0.3) is 0 Å². The molecule has 0 bridgehead atoms. The number of anilines is 1. The summed E-state index contributed by atoms with van der Waals surface area (Å²) in [5.74, 6) is 0. The Kier molecular flexibility index (Phi) is 3.71. The van der Waals surface area contributed by atoms with Gasteiger partial charge in [0.15, 0.2) is 0 Å². The van der Waals surface area contributed by atoms with Gasteiger partial charge in [-0.25, -0.2) is 4.98 Å². The van der Waals surface area contributed by atoms with Crippen LogP contribution in [0.3, 0.4) is 0 Å². The number of hydrogen-bond donors (Lipinski definition) is 1. The molecule has 2 nitrogen and oxygen atoms in total. The average molecular weight is 260 g/mol. The molecule has 3 heteroatoms. The zero-order valence-corrected chi connectivity index (χ0v) is 12.5. The highest BCUT2D eigenvalue weighted by Gasteiger charge is 2.13. The quantitative estimate of drug-likeness (QED) is 0.875. The van der Waals surface area contributed by atoms with Gasteiger partial charge in [0.05, 0.1) is 16.7 Å². The van der Waals surface area contributed by atoms with Gasteiger partial charge >= 0.3 is 0 Å². The summed E-state index contributed by atoms with van der Waals surface area (Å²) in [6.45, 7) is 10.6. The van der Waals surface area contributed by atoms with Crippen molar-refractivity contribution in [2.45, 2.75) is 40.7 Å². The summed E-state index contributed by atoms with van der Waals surface area (Å²) in [6.07, 6.45) is 0. The van der Waals surface area contributed by atoms with Crippen LogP contribution in [0.4, 0.5) is 5.69 Å². The Hall–Kier alpha value is -1.35. The third-order valence-electron chi connectivity index (χ3n) is 3.31. The van der Waals surface area contributed by atoms with Crippen molar-refractivity contribution in [2.75, 3.05) is 5.32 Å². The highest BCUT2D eigenvalue weighted by Crippen LogP contribution is 2.29. The molecular weight excluding hydrogens is 240 g/mol. The number of benzene rings is 1. The fourth-order valence-corrected chi connectivity index (χ4v) is 3.08. The topological polar surface area (TPSA) is 24.9 Å². The number of thiazole rings is 1. The van der Waals surface area contributed by atoms with Crippen LogP contribution >= 0.6 is 11.3 Å². The summed E-state index contributed by atoms with van der Waals surface area (Å²) < 4.78 is 0. The van der Waals surface area contributed by atoms with E-state index in [9.17, 15) is 0 Å². The van der Waals surface area contributed by atoms with E-state index in [-0.39, 0.29) is 0 Å². The molecule has 2 aromatic rings. The van der Waals surface area contributed by atoms with E-state index >= 15 is 0 Å². The molecule has 0 radical (unpaired) electrons. The maximum Gasteiger partial charge on any atom is 0.0900 e. The van der Waals surface area contributed by atoms with E-state index in [1.165, 1.54) is 21.7 Å². The molecule has 1 unspecified atom stereocenters. The number of aromatic nitrogens is 1. The number of nitrogens with one attached hydrogen (secondary N) is 1.